The van der Waals surface area contributed by atoms with Gasteiger partial charge in [0, 0.05) is 24.8 Å². The van der Waals surface area contributed by atoms with Crippen LogP contribution in [0.4, 0.5) is 10.1 Å². The van der Waals surface area contributed by atoms with Gasteiger partial charge in [0.15, 0.2) is 0 Å². The monoisotopic (exact) mass is 460 g/mol. The lowest BCUT2D eigenvalue weighted by atomic mass is 9.99. The Kier molecular flexibility index (Phi) is 7.51. The van der Waals surface area contributed by atoms with Crippen molar-refractivity contribution in [1.82, 2.24) is 14.9 Å². The highest BCUT2D eigenvalue weighted by Gasteiger charge is 2.22. The second-order valence-corrected chi connectivity index (χ2v) is 8.75. The number of benzene rings is 2. The SMILES string of the molecule is [C-]#[N+]c1ccc(-c2nc(CC[C@H]3CCNC3)c(=O)n(CCOC)c2-c2ccc(C)cc2)cc1F. The molecule has 1 aromatic heterocycles. The predicted molar refractivity (Wildman–Crippen MR) is 131 cm³/mol. The Balaban J connectivity index is 1.91. The van der Waals surface area contributed by atoms with Crippen molar-refractivity contribution in [2.24, 2.45) is 5.92 Å². The fourth-order valence-corrected chi connectivity index (χ4v) is 4.43. The smallest absolute Gasteiger partial charge is 0.272 e. The van der Waals surface area contributed by atoms with Crippen LogP contribution in [0.5, 0.6) is 0 Å². The minimum atomic E-state index is -0.600. The first kappa shape index (κ1) is 23.8. The zero-order valence-corrected chi connectivity index (χ0v) is 19.6. The van der Waals surface area contributed by atoms with E-state index in [0.717, 1.165) is 37.1 Å². The summed E-state index contributed by atoms with van der Waals surface area (Å²) in [6.45, 7) is 11.8. The van der Waals surface area contributed by atoms with Crippen molar-refractivity contribution < 1.29 is 9.13 Å². The van der Waals surface area contributed by atoms with Gasteiger partial charge >= 0.3 is 0 Å². The zero-order valence-electron chi connectivity index (χ0n) is 19.6. The van der Waals surface area contributed by atoms with Crippen molar-refractivity contribution in [2.45, 2.75) is 32.7 Å². The van der Waals surface area contributed by atoms with Crippen molar-refractivity contribution in [3.05, 3.63) is 81.3 Å². The van der Waals surface area contributed by atoms with Gasteiger partial charge in [0.05, 0.1) is 24.6 Å². The average Bonchev–Trinajstić information content (AvgIpc) is 3.36. The van der Waals surface area contributed by atoms with E-state index in [1.165, 1.54) is 12.1 Å². The number of hydrogen-bond acceptors (Lipinski definition) is 4. The number of aromatic nitrogens is 2. The summed E-state index contributed by atoms with van der Waals surface area (Å²) in [5.41, 5.74) is 3.92. The number of methoxy groups -OCH3 is 1. The van der Waals surface area contributed by atoms with Crippen molar-refractivity contribution in [1.29, 1.82) is 0 Å². The van der Waals surface area contributed by atoms with E-state index in [9.17, 15) is 9.18 Å². The lowest BCUT2D eigenvalue weighted by Gasteiger charge is -2.19. The summed E-state index contributed by atoms with van der Waals surface area (Å²) in [5.74, 6) is -0.0818. The number of halogens is 1. The molecule has 1 atom stereocenters. The summed E-state index contributed by atoms with van der Waals surface area (Å²) in [5, 5.41) is 3.37. The lowest BCUT2D eigenvalue weighted by molar-refractivity contribution is 0.186. The van der Waals surface area contributed by atoms with E-state index in [2.05, 4.69) is 10.2 Å². The maximum atomic E-state index is 14.6. The van der Waals surface area contributed by atoms with E-state index in [1.54, 1.807) is 17.7 Å². The van der Waals surface area contributed by atoms with Crippen molar-refractivity contribution in [3.8, 4) is 22.5 Å². The highest BCUT2D eigenvalue weighted by molar-refractivity contribution is 5.79. The van der Waals surface area contributed by atoms with Crippen LogP contribution in [-0.2, 0) is 17.7 Å². The third kappa shape index (κ3) is 5.09. The van der Waals surface area contributed by atoms with Crippen LogP contribution in [0.15, 0.2) is 47.3 Å². The topological polar surface area (TPSA) is 60.5 Å². The number of nitrogens with zero attached hydrogens (tertiary/aromatic N) is 3. The highest BCUT2D eigenvalue weighted by Crippen LogP contribution is 2.33. The van der Waals surface area contributed by atoms with Gasteiger partial charge in [-0.15, -0.1) is 0 Å². The Morgan fingerprint density at radius 2 is 2.00 bits per heavy atom. The molecule has 0 bridgehead atoms. The molecular weight excluding hydrogens is 431 g/mol. The molecule has 1 aliphatic heterocycles. The summed E-state index contributed by atoms with van der Waals surface area (Å²) in [6.07, 6.45) is 2.52. The van der Waals surface area contributed by atoms with Crippen LogP contribution in [0.3, 0.4) is 0 Å². The Labute approximate surface area is 199 Å². The van der Waals surface area contributed by atoms with Gasteiger partial charge in [-0.25, -0.2) is 14.2 Å². The number of nitrogens with one attached hydrogen (secondary N) is 1. The first-order valence-electron chi connectivity index (χ1n) is 11.6. The Morgan fingerprint density at radius 3 is 2.65 bits per heavy atom. The molecule has 0 spiro atoms. The van der Waals surface area contributed by atoms with Crippen LogP contribution in [-0.4, -0.2) is 36.4 Å². The Morgan fingerprint density at radius 1 is 1.24 bits per heavy atom. The number of rotatable bonds is 8. The van der Waals surface area contributed by atoms with Gasteiger partial charge in [-0.3, -0.25) is 4.79 Å². The van der Waals surface area contributed by atoms with E-state index in [-0.39, 0.29) is 11.2 Å². The van der Waals surface area contributed by atoms with Crippen LogP contribution in [0.2, 0.25) is 0 Å². The molecule has 0 amide bonds. The van der Waals surface area contributed by atoms with Gasteiger partial charge in [-0.1, -0.05) is 42.0 Å². The molecule has 176 valence electrons. The molecule has 3 aromatic rings. The third-order valence-electron chi connectivity index (χ3n) is 6.37. The van der Waals surface area contributed by atoms with Gasteiger partial charge < -0.3 is 14.6 Å². The highest BCUT2D eigenvalue weighted by atomic mass is 19.1. The summed E-state index contributed by atoms with van der Waals surface area (Å²) >= 11 is 0. The molecule has 2 heterocycles. The van der Waals surface area contributed by atoms with Crippen LogP contribution < -0.4 is 10.9 Å². The third-order valence-corrected chi connectivity index (χ3v) is 6.37. The largest absolute Gasteiger partial charge is 0.383 e. The minimum Gasteiger partial charge on any atom is -0.383 e. The normalized spacial score (nSPS) is 15.4. The van der Waals surface area contributed by atoms with Crippen molar-refractivity contribution in [3.63, 3.8) is 0 Å². The second-order valence-electron chi connectivity index (χ2n) is 8.75. The molecule has 34 heavy (non-hydrogen) atoms. The molecule has 0 unspecified atom stereocenters. The van der Waals surface area contributed by atoms with Gasteiger partial charge in [0.2, 0.25) is 5.69 Å². The zero-order chi connectivity index (χ0) is 24.1. The van der Waals surface area contributed by atoms with E-state index in [4.69, 9.17) is 16.3 Å². The molecule has 2 aromatic carbocycles. The predicted octanol–water partition coefficient (Wildman–Crippen LogP) is 4.76. The molecular formula is C27H29FN4O2. The quantitative estimate of drug-likeness (QED) is 0.492. The summed E-state index contributed by atoms with van der Waals surface area (Å²) in [4.78, 5) is 21.7. The molecule has 1 aliphatic rings. The first-order chi connectivity index (χ1) is 16.5. The molecule has 1 saturated heterocycles. The van der Waals surface area contributed by atoms with E-state index < -0.39 is 5.82 Å². The summed E-state index contributed by atoms with van der Waals surface area (Å²) in [7, 11) is 1.60. The van der Waals surface area contributed by atoms with Gasteiger partial charge in [0.25, 0.3) is 5.56 Å². The van der Waals surface area contributed by atoms with E-state index in [1.807, 2.05) is 31.2 Å². The number of aryl methyl sites for hydroxylation is 2. The average molecular weight is 461 g/mol. The van der Waals surface area contributed by atoms with Crippen LogP contribution in [0.1, 0.15) is 24.1 Å². The van der Waals surface area contributed by atoms with Crippen molar-refractivity contribution in [2.75, 3.05) is 26.8 Å². The second kappa shape index (κ2) is 10.7. The maximum absolute atomic E-state index is 14.6. The first-order valence-corrected chi connectivity index (χ1v) is 11.6. The molecule has 6 nitrogen and oxygen atoms in total. The molecule has 0 aliphatic carbocycles. The number of ether oxygens (including phenoxy) is 1. The standard InChI is InChI=1S/C27H29FN4O2/c1-18-4-7-20(8-5-18)26-25(21-9-11-23(29-2)22(28)16-21)31-24(10-6-19-12-13-30-17-19)27(33)32(26)14-15-34-3/h4-5,7-9,11,16,19,30H,6,10,12-15,17H2,1,3H3/t19-/m0/s1. The van der Waals surface area contributed by atoms with Crippen LogP contribution in [0.25, 0.3) is 27.4 Å². The number of hydrogen-bond donors (Lipinski definition) is 1. The van der Waals surface area contributed by atoms with Crippen molar-refractivity contribution >= 4 is 5.69 Å². The molecule has 7 heteroatoms. The van der Waals surface area contributed by atoms with Crippen LogP contribution >= 0.6 is 0 Å². The molecule has 1 fully saturated rings. The fourth-order valence-electron chi connectivity index (χ4n) is 4.43. The molecule has 4 rings (SSSR count). The summed E-state index contributed by atoms with van der Waals surface area (Å²) < 4.78 is 21.6. The molecule has 1 N–H and O–H groups in total. The summed E-state index contributed by atoms with van der Waals surface area (Å²) in [6, 6.07) is 12.4. The fraction of sp³-hybridized carbons (Fsp3) is 0.370. The molecule has 0 radical (unpaired) electrons. The Bertz CT molecular complexity index is 1260. The Hall–Kier alpha value is -3.34. The minimum absolute atomic E-state index is 0.0395. The van der Waals surface area contributed by atoms with E-state index in [0.29, 0.717) is 48.1 Å². The van der Waals surface area contributed by atoms with Gasteiger partial charge in [-0.2, -0.15) is 0 Å². The molecule has 0 saturated carbocycles. The lowest BCUT2D eigenvalue weighted by Crippen LogP contribution is -2.29. The van der Waals surface area contributed by atoms with Crippen LogP contribution in [0, 0.1) is 25.2 Å². The van der Waals surface area contributed by atoms with E-state index >= 15 is 0 Å². The maximum Gasteiger partial charge on any atom is 0.272 e. The van der Waals surface area contributed by atoms with Gasteiger partial charge in [0.1, 0.15) is 11.5 Å². The van der Waals surface area contributed by atoms with Gasteiger partial charge in [-0.05, 0) is 51.3 Å².